The van der Waals surface area contributed by atoms with Crippen LogP contribution in [0.5, 0.6) is 0 Å². The van der Waals surface area contributed by atoms with E-state index < -0.39 is 10.0 Å². The molecule has 1 amide bonds. The van der Waals surface area contributed by atoms with Crippen LogP contribution in [-0.2, 0) is 14.8 Å². The van der Waals surface area contributed by atoms with Gasteiger partial charge >= 0.3 is 0 Å². The van der Waals surface area contributed by atoms with E-state index in [2.05, 4.69) is 31.9 Å². The fourth-order valence-corrected chi connectivity index (χ4v) is 5.47. The van der Waals surface area contributed by atoms with Gasteiger partial charge in [0.1, 0.15) is 0 Å². The molecule has 0 unspecified atom stereocenters. The zero-order valence-electron chi connectivity index (χ0n) is 12.4. The van der Waals surface area contributed by atoms with E-state index in [9.17, 15) is 13.2 Å². The molecule has 0 aromatic heterocycles. The Morgan fingerprint density at radius 2 is 1.86 bits per heavy atom. The first-order valence-corrected chi connectivity index (χ1v) is 9.94. The van der Waals surface area contributed by atoms with Crippen LogP contribution in [0.2, 0.25) is 0 Å². The average Bonchev–Trinajstić information content (AvgIpc) is 2.48. The van der Waals surface area contributed by atoms with Crippen LogP contribution in [0.15, 0.2) is 32.0 Å². The van der Waals surface area contributed by atoms with Crippen molar-refractivity contribution in [3.63, 3.8) is 0 Å². The van der Waals surface area contributed by atoms with Gasteiger partial charge in [0.2, 0.25) is 15.9 Å². The molecule has 1 heterocycles. The van der Waals surface area contributed by atoms with Crippen LogP contribution in [-0.4, -0.2) is 49.7 Å². The highest BCUT2D eigenvalue weighted by molar-refractivity contribution is 9.11. The molecule has 1 aliphatic heterocycles. The van der Waals surface area contributed by atoms with E-state index in [0.29, 0.717) is 30.4 Å². The molecule has 1 aromatic carbocycles. The molecule has 0 N–H and O–H groups in total. The largest absolute Gasteiger partial charge is 0.343 e. The lowest BCUT2D eigenvalue weighted by molar-refractivity contribution is -0.130. The lowest BCUT2D eigenvalue weighted by Gasteiger charge is -2.35. The van der Waals surface area contributed by atoms with Gasteiger partial charge in [-0.15, -0.1) is 0 Å². The van der Waals surface area contributed by atoms with Crippen molar-refractivity contribution in [1.82, 2.24) is 9.21 Å². The second-order valence-corrected chi connectivity index (χ2v) is 9.02. The van der Waals surface area contributed by atoms with E-state index in [0.717, 1.165) is 4.47 Å². The standard InChI is InChI=1S/C14H18Br2N2O3S/c1-10(19)17(2)12-5-7-18(8-6-12)22(20,21)14-9-11(15)3-4-13(14)16/h3-4,9,12H,5-8H2,1-2H3. The van der Waals surface area contributed by atoms with E-state index in [1.165, 1.54) is 11.2 Å². The Morgan fingerprint density at radius 3 is 2.41 bits per heavy atom. The van der Waals surface area contributed by atoms with Crippen molar-refractivity contribution in [3.05, 3.63) is 27.1 Å². The van der Waals surface area contributed by atoms with Gasteiger partial charge in [-0.25, -0.2) is 8.42 Å². The highest BCUT2D eigenvalue weighted by atomic mass is 79.9. The van der Waals surface area contributed by atoms with E-state index in [-0.39, 0.29) is 16.8 Å². The molecule has 22 heavy (non-hydrogen) atoms. The Hall–Kier alpha value is -0.440. The molecule has 0 aliphatic carbocycles. The molecule has 0 saturated carbocycles. The van der Waals surface area contributed by atoms with Crippen LogP contribution in [0.3, 0.4) is 0 Å². The highest BCUT2D eigenvalue weighted by Crippen LogP contribution is 2.30. The van der Waals surface area contributed by atoms with Crippen LogP contribution in [0.1, 0.15) is 19.8 Å². The molecule has 1 aromatic rings. The summed E-state index contributed by atoms with van der Waals surface area (Å²) < 4.78 is 28.3. The maximum Gasteiger partial charge on any atom is 0.244 e. The lowest BCUT2D eigenvalue weighted by atomic mass is 10.1. The Labute approximate surface area is 148 Å². The number of hydrogen-bond acceptors (Lipinski definition) is 3. The van der Waals surface area contributed by atoms with Crippen LogP contribution in [0.25, 0.3) is 0 Å². The quantitative estimate of drug-likeness (QED) is 0.706. The number of rotatable bonds is 3. The Morgan fingerprint density at radius 1 is 1.27 bits per heavy atom. The Balaban J connectivity index is 2.16. The number of nitrogens with zero attached hydrogens (tertiary/aromatic N) is 2. The van der Waals surface area contributed by atoms with Crippen molar-refractivity contribution >= 4 is 47.8 Å². The predicted molar refractivity (Wildman–Crippen MR) is 92.1 cm³/mol. The highest BCUT2D eigenvalue weighted by Gasteiger charge is 2.32. The molecule has 8 heteroatoms. The molecule has 1 fully saturated rings. The zero-order chi connectivity index (χ0) is 16.5. The van der Waals surface area contributed by atoms with E-state index in [1.807, 2.05) is 0 Å². The van der Waals surface area contributed by atoms with Gasteiger partial charge in [-0.2, -0.15) is 4.31 Å². The van der Waals surface area contributed by atoms with Crippen LogP contribution in [0, 0.1) is 0 Å². The Kier molecular flexibility index (Phi) is 5.68. The molecule has 2 rings (SSSR count). The van der Waals surface area contributed by atoms with Gasteiger partial charge in [0.15, 0.2) is 0 Å². The van der Waals surface area contributed by atoms with Crippen LogP contribution < -0.4 is 0 Å². The summed E-state index contributed by atoms with van der Waals surface area (Å²) >= 11 is 6.62. The van der Waals surface area contributed by atoms with Gasteiger partial charge < -0.3 is 4.90 Å². The monoisotopic (exact) mass is 452 g/mol. The summed E-state index contributed by atoms with van der Waals surface area (Å²) in [6, 6.07) is 5.22. The Bertz CT molecular complexity index is 671. The smallest absolute Gasteiger partial charge is 0.244 e. The summed E-state index contributed by atoms with van der Waals surface area (Å²) in [7, 11) is -1.77. The molecular formula is C14H18Br2N2O3S. The number of hydrogen-bond donors (Lipinski definition) is 0. The molecule has 0 bridgehead atoms. The molecule has 0 atom stereocenters. The molecule has 0 spiro atoms. The summed E-state index contributed by atoms with van der Waals surface area (Å²) in [5.74, 6) is 0.0102. The van der Waals surface area contributed by atoms with Crippen molar-refractivity contribution in [1.29, 1.82) is 0 Å². The minimum absolute atomic E-state index is 0.0102. The SMILES string of the molecule is CC(=O)N(C)C1CCN(S(=O)(=O)c2cc(Br)ccc2Br)CC1. The zero-order valence-corrected chi connectivity index (χ0v) is 16.4. The van der Waals surface area contributed by atoms with E-state index >= 15 is 0 Å². The number of benzene rings is 1. The van der Waals surface area contributed by atoms with E-state index in [1.54, 1.807) is 30.1 Å². The van der Waals surface area contributed by atoms with Crippen molar-refractivity contribution < 1.29 is 13.2 Å². The summed E-state index contributed by atoms with van der Waals surface area (Å²) in [4.78, 5) is 13.4. The fourth-order valence-electron chi connectivity index (χ4n) is 2.54. The summed E-state index contributed by atoms with van der Waals surface area (Å²) in [6.45, 7) is 2.37. The van der Waals surface area contributed by atoms with E-state index in [4.69, 9.17) is 0 Å². The van der Waals surface area contributed by atoms with Gasteiger partial charge in [0.25, 0.3) is 0 Å². The first-order valence-electron chi connectivity index (χ1n) is 6.92. The average molecular weight is 454 g/mol. The maximum absolute atomic E-state index is 12.8. The van der Waals surface area contributed by atoms with Crippen molar-refractivity contribution in [2.45, 2.75) is 30.7 Å². The molecule has 122 valence electrons. The topological polar surface area (TPSA) is 57.7 Å². The molecule has 1 saturated heterocycles. The summed E-state index contributed by atoms with van der Waals surface area (Å²) in [5.41, 5.74) is 0. The number of carbonyl (C=O) groups excluding carboxylic acids is 1. The normalized spacial score (nSPS) is 17.5. The first kappa shape index (κ1) is 17.9. The van der Waals surface area contributed by atoms with Crippen LogP contribution in [0.4, 0.5) is 0 Å². The number of carbonyl (C=O) groups is 1. The van der Waals surface area contributed by atoms with Crippen molar-refractivity contribution in [3.8, 4) is 0 Å². The molecular weight excluding hydrogens is 436 g/mol. The molecule has 5 nitrogen and oxygen atoms in total. The number of sulfonamides is 1. The molecule has 1 aliphatic rings. The summed E-state index contributed by atoms with van der Waals surface area (Å²) in [6.07, 6.45) is 1.31. The minimum Gasteiger partial charge on any atom is -0.343 e. The second kappa shape index (κ2) is 6.98. The van der Waals surface area contributed by atoms with Crippen molar-refractivity contribution in [2.75, 3.05) is 20.1 Å². The second-order valence-electron chi connectivity index (χ2n) is 5.34. The number of piperidine rings is 1. The van der Waals surface area contributed by atoms with Gasteiger partial charge in [-0.3, -0.25) is 4.79 Å². The van der Waals surface area contributed by atoms with Crippen LogP contribution >= 0.6 is 31.9 Å². The van der Waals surface area contributed by atoms with Gasteiger partial charge in [-0.05, 0) is 47.0 Å². The molecule has 0 radical (unpaired) electrons. The van der Waals surface area contributed by atoms with Gasteiger partial charge in [-0.1, -0.05) is 15.9 Å². The third-order valence-electron chi connectivity index (χ3n) is 3.98. The maximum atomic E-state index is 12.8. The predicted octanol–water partition coefficient (Wildman–Crippen LogP) is 2.84. The van der Waals surface area contributed by atoms with Crippen molar-refractivity contribution in [2.24, 2.45) is 0 Å². The minimum atomic E-state index is -3.53. The lowest BCUT2D eigenvalue weighted by Crippen LogP contribution is -2.46. The van der Waals surface area contributed by atoms with Gasteiger partial charge in [0.05, 0.1) is 4.90 Å². The number of halogens is 2. The first-order chi connectivity index (χ1) is 10.2. The third kappa shape index (κ3) is 3.72. The van der Waals surface area contributed by atoms with Gasteiger partial charge in [0, 0.05) is 42.0 Å². The summed E-state index contributed by atoms with van der Waals surface area (Å²) in [5, 5.41) is 0. The number of amides is 1. The fraction of sp³-hybridized carbons (Fsp3) is 0.500. The third-order valence-corrected chi connectivity index (χ3v) is 7.36.